The third kappa shape index (κ3) is 7.45. The molecule has 0 aromatic heterocycles. The molecule has 1 amide bonds. The van der Waals surface area contributed by atoms with E-state index < -0.39 is 11.6 Å². The van der Waals surface area contributed by atoms with Gasteiger partial charge in [0.1, 0.15) is 11.6 Å². The van der Waals surface area contributed by atoms with E-state index in [1.807, 2.05) is 47.8 Å². The molecule has 2 atom stereocenters. The molecule has 0 saturated heterocycles. The van der Waals surface area contributed by atoms with Gasteiger partial charge in [-0.15, -0.1) is 0 Å². The molecule has 112 valence electrons. The van der Waals surface area contributed by atoms with Crippen LogP contribution in [0.1, 0.15) is 41.5 Å². The van der Waals surface area contributed by atoms with E-state index in [0.29, 0.717) is 0 Å². The van der Waals surface area contributed by atoms with Gasteiger partial charge in [-0.1, -0.05) is 20.8 Å². The van der Waals surface area contributed by atoms with E-state index in [1.54, 1.807) is 11.8 Å². The minimum Gasteiger partial charge on any atom is -0.458 e. The first-order valence-corrected chi connectivity index (χ1v) is 8.00. The molecule has 1 N–H and O–H groups in total. The van der Waals surface area contributed by atoms with Gasteiger partial charge in [-0.25, -0.2) is 4.79 Å². The number of carbonyl (C=O) groups excluding carboxylic acids is 2. The number of esters is 1. The van der Waals surface area contributed by atoms with Gasteiger partial charge in [0.15, 0.2) is 0 Å². The minimum atomic E-state index is -0.587. The topological polar surface area (TPSA) is 55.4 Å². The molecule has 5 heteroatoms. The highest BCUT2D eigenvalue weighted by molar-refractivity contribution is 7.98. The van der Waals surface area contributed by atoms with Crippen molar-refractivity contribution in [2.24, 2.45) is 11.8 Å². The molecule has 4 nitrogen and oxygen atoms in total. The average molecular weight is 289 g/mol. The zero-order valence-corrected chi connectivity index (χ0v) is 13.9. The molecule has 0 aliphatic rings. The number of amides is 1. The third-order valence-electron chi connectivity index (χ3n) is 2.49. The second-order valence-corrected chi connectivity index (χ2v) is 7.03. The fourth-order valence-corrected chi connectivity index (χ4v) is 2.14. The van der Waals surface area contributed by atoms with Crippen molar-refractivity contribution in [1.82, 2.24) is 5.32 Å². The molecule has 0 aliphatic carbocycles. The van der Waals surface area contributed by atoms with E-state index >= 15 is 0 Å². The van der Waals surface area contributed by atoms with Crippen LogP contribution < -0.4 is 5.32 Å². The first kappa shape index (κ1) is 18.3. The molecule has 0 rings (SSSR count). The maximum atomic E-state index is 12.1. The highest BCUT2D eigenvalue weighted by Crippen LogP contribution is 2.13. The van der Waals surface area contributed by atoms with Crippen LogP contribution >= 0.6 is 11.8 Å². The first-order chi connectivity index (χ1) is 8.58. The van der Waals surface area contributed by atoms with Crippen molar-refractivity contribution < 1.29 is 14.3 Å². The summed E-state index contributed by atoms with van der Waals surface area (Å²) in [5, 5.41) is 2.80. The summed E-state index contributed by atoms with van der Waals surface area (Å²) >= 11 is 1.61. The van der Waals surface area contributed by atoms with E-state index in [-0.39, 0.29) is 23.7 Å². The van der Waals surface area contributed by atoms with Crippen LogP contribution in [0.3, 0.4) is 0 Å². The number of hydrogen-bond donors (Lipinski definition) is 1. The summed E-state index contributed by atoms with van der Waals surface area (Å²) in [6.07, 6.45) is 1.96. The van der Waals surface area contributed by atoms with Gasteiger partial charge in [-0.05, 0) is 32.9 Å². The maximum absolute atomic E-state index is 12.1. The molecular formula is C14H27NO3S. The number of ether oxygens (including phenoxy) is 1. The maximum Gasteiger partial charge on any atom is 0.329 e. The Hall–Kier alpha value is -0.710. The van der Waals surface area contributed by atoms with E-state index in [2.05, 4.69) is 5.32 Å². The second-order valence-electron chi connectivity index (χ2n) is 6.12. The van der Waals surface area contributed by atoms with Crippen LogP contribution in [-0.4, -0.2) is 35.5 Å². The highest BCUT2D eigenvalue weighted by atomic mass is 32.2. The van der Waals surface area contributed by atoms with Crippen LogP contribution in [0.5, 0.6) is 0 Å². The van der Waals surface area contributed by atoms with E-state index in [1.165, 1.54) is 0 Å². The van der Waals surface area contributed by atoms with E-state index in [4.69, 9.17) is 4.74 Å². The number of nitrogens with one attached hydrogen (secondary N) is 1. The fourth-order valence-electron chi connectivity index (χ4n) is 1.48. The number of hydrogen-bond acceptors (Lipinski definition) is 4. The van der Waals surface area contributed by atoms with Crippen molar-refractivity contribution in [3.8, 4) is 0 Å². The first-order valence-electron chi connectivity index (χ1n) is 6.60. The quantitative estimate of drug-likeness (QED) is 0.763. The summed E-state index contributed by atoms with van der Waals surface area (Å²) < 4.78 is 5.34. The van der Waals surface area contributed by atoms with E-state index in [9.17, 15) is 9.59 Å². The molecule has 0 aliphatic heterocycles. The van der Waals surface area contributed by atoms with Gasteiger partial charge < -0.3 is 10.1 Å². The van der Waals surface area contributed by atoms with Gasteiger partial charge in [0.2, 0.25) is 5.91 Å². The molecule has 19 heavy (non-hydrogen) atoms. The Kier molecular flexibility index (Phi) is 7.49. The SMILES string of the molecule is CSCC(C)C(=O)N[C@@H](C(=O)OC(C)(C)C)C(C)C. The summed E-state index contributed by atoms with van der Waals surface area (Å²) in [4.78, 5) is 24.1. The zero-order chi connectivity index (χ0) is 15.2. The molecule has 0 aromatic rings. The summed E-state index contributed by atoms with van der Waals surface area (Å²) in [6, 6.07) is -0.587. The monoisotopic (exact) mass is 289 g/mol. The summed E-state index contributed by atoms with van der Waals surface area (Å²) in [5.74, 6) is 0.162. The normalized spacial score (nSPS) is 14.9. The Morgan fingerprint density at radius 3 is 2.11 bits per heavy atom. The van der Waals surface area contributed by atoms with Crippen molar-refractivity contribution >= 4 is 23.6 Å². The summed E-state index contributed by atoms with van der Waals surface area (Å²) in [5.41, 5.74) is -0.542. The van der Waals surface area contributed by atoms with Gasteiger partial charge in [0, 0.05) is 11.7 Å². The Morgan fingerprint density at radius 2 is 1.74 bits per heavy atom. The smallest absolute Gasteiger partial charge is 0.329 e. The molecule has 0 spiro atoms. The number of thioether (sulfide) groups is 1. The lowest BCUT2D eigenvalue weighted by atomic mass is 10.0. The highest BCUT2D eigenvalue weighted by Gasteiger charge is 2.30. The Balaban J connectivity index is 4.67. The van der Waals surface area contributed by atoms with Gasteiger partial charge >= 0.3 is 5.97 Å². The molecule has 1 unspecified atom stereocenters. The van der Waals surface area contributed by atoms with E-state index in [0.717, 1.165) is 5.75 Å². The minimum absolute atomic E-state index is 0.000259. The predicted octanol–water partition coefficient (Wildman–Crippen LogP) is 2.47. The Bertz CT molecular complexity index is 310. The van der Waals surface area contributed by atoms with Gasteiger partial charge in [0.05, 0.1) is 0 Å². The zero-order valence-electron chi connectivity index (χ0n) is 13.1. The van der Waals surface area contributed by atoms with Gasteiger partial charge in [-0.2, -0.15) is 11.8 Å². The largest absolute Gasteiger partial charge is 0.458 e. The lowest BCUT2D eigenvalue weighted by Gasteiger charge is -2.27. The molecular weight excluding hydrogens is 262 g/mol. The molecule has 0 radical (unpaired) electrons. The van der Waals surface area contributed by atoms with Crippen molar-refractivity contribution in [1.29, 1.82) is 0 Å². The predicted molar refractivity (Wildman–Crippen MR) is 80.2 cm³/mol. The van der Waals surface area contributed by atoms with Crippen LogP contribution in [-0.2, 0) is 14.3 Å². The molecule has 0 aromatic carbocycles. The van der Waals surface area contributed by atoms with Gasteiger partial charge in [-0.3, -0.25) is 4.79 Å². The third-order valence-corrected chi connectivity index (χ3v) is 3.32. The van der Waals surface area contributed by atoms with Crippen LogP contribution in [0.15, 0.2) is 0 Å². The Labute approximate surface area is 121 Å². The Morgan fingerprint density at radius 1 is 1.21 bits per heavy atom. The average Bonchev–Trinajstić information content (AvgIpc) is 2.22. The van der Waals surface area contributed by atoms with Crippen LogP contribution in [0, 0.1) is 11.8 Å². The summed E-state index contributed by atoms with van der Waals surface area (Å²) in [7, 11) is 0. The van der Waals surface area contributed by atoms with Crippen LogP contribution in [0.2, 0.25) is 0 Å². The number of rotatable bonds is 6. The van der Waals surface area contributed by atoms with Crippen LogP contribution in [0.25, 0.3) is 0 Å². The molecule has 0 fully saturated rings. The van der Waals surface area contributed by atoms with Crippen molar-refractivity contribution in [2.45, 2.75) is 53.2 Å². The fraction of sp³-hybridized carbons (Fsp3) is 0.857. The lowest BCUT2D eigenvalue weighted by Crippen LogP contribution is -2.49. The van der Waals surface area contributed by atoms with Crippen molar-refractivity contribution in [3.63, 3.8) is 0 Å². The van der Waals surface area contributed by atoms with Crippen molar-refractivity contribution in [2.75, 3.05) is 12.0 Å². The standard InChI is InChI=1S/C14H27NO3S/c1-9(2)11(13(17)18-14(4,5)6)15-12(16)10(3)8-19-7/h9-11H,8H2,1-7H3,(H,15,16)/t10?,11-/m1/s1. The molecule has 0 saturated carbocycles. The molecule has 0 bridgehead atoms. The number of carbonyl (C=O) groups is 2. The van der Waals surface area contributed by atoms with Crippen molar-refractivity contribution in [3.05, 3.63) is 0 Å². The van der Waals surface area contributed by atoms with Gasteiger partial charge in [0.25, 0.3) is 0 Å². The van der Waals surface area contributed by atoms with Crippen LogP contribution in [0.4, 0.5) is 0 Å². The molecule has 0 heterocycles. The second kappa shape index (κ2) is 7.78. The lowest BCUT2D eigenvalue weighted by molar-refractivity contribution is -0.160. The summed E-state index contributed by atoms with van der Waals surface area (Å²) in [6.45, 7) is 11.1.